The molecule has 0 radical (unpaired) electrons. The van der Waals surface area contributed by atoms with Crippen molar-refractivity contribution in [3.8, 4) is 6.01 Å². The van der Waals surface area contributed by atoms with Gasteiger partial charge in [0.05, 0.1) is 6.10 Å². The molecule has 1 N–H and O–H groups in total. The van der Waals surface area contributed by atoms with Gasteiger partial charge in [-0.3, -0.25) is 0 Å². The zero-order valence-electron chi connectivity index (χ0n) is 13.3. The van der Waals surface area contributed by atoms with Gasteiger partial charge in [0.2, 0.25) is 11.9 Å². The van der Waals surface area contributed by atoms with Crippen molar-refractivity contribution in [2.75, 3.05) is 29.9 Å². The lowest BCUT2D eigenvalue weighted by Crippen LogP contribution is -2.25. The van der Waals surface area contributed by atoms with Gasteiger partial charge in [-0.1, -0.05) is 13.3 Å². The average molecular weight is 281 g/mol. The fraction of sp³-hybridized carbons (Fsp3) is 0.786. The molecule has 0 aromatic carbocycles. The molecule has 0 fully saturated rings. The highest BCUT2D eigenvalue weighted by Crippen LogP contribution is 2.16. The number of hydrogen-bond acceptors (Lipinski definition) is 6. The van der Waals surface area contributed by atoms with E-state index >= 15 is 0 Å². The van der Waals surface area contributed by atoms with Crippen molar-refractivity contribution < 1.29 is 4.74 Å². The normalized spacial score (nSPS) is 12.1. The van der Waals surface area contributed by atoms with E-state index in [1.54, 1.807) is 0 Å². The zero-order valence-corrected chi connectivity index (χ0v) is 13.3. The summed E-state index contributed by atoms with van der Waals surface area (Å²) in [5.74, 6) is 1.24. The Labute approximate surface area is 122 Å². The molecule has 1 heterocycles. The summed E-state index contributed by atoms with van der Waals surface area (Å²) in [7, 11) is 0. The van der Waals surface area contributed by atoms with E-state index in [0.717, 1.165) is 32.5 Å². The number of ether oxygens (including phenoxy) is 1. The predicted octanol–water partition coefficient (Wildman–Crippen LogP) is 2.72. The largest absolute Gasteiger partial charge is 0.460 e. The van der Waals surface area contributed by atoms with E-state index < -0.39 is 0 Å². The molecular formula is C14H27N5O. The number of rotatable bonds is 9. The quantitative estimate of drug-likeness (QED) is 0.751. The Hall–Kier alpha value is -1.59. The molecule has 6 nitrogen and oxygen atoms in total. The minimum Gasteiger partial charge on any atom is -0.460 e. The van der Waals surface area contributed by atoms with Crippen molar-refractivity contribution in [3.63, 3.8) is 0 Å². The molecular weight excluding hydrogens is 254 g/mol. The van der Waals surface area contributed by atoms with Gasteiger partial charge < -0.3 is 15.0 Å². The van der Waals surface area contributed by atoms with Crippen LogP contribution in [0.5, 0.6) is 6.01 Å². The molecule has 0 saturated carbocycles. The lowest BCUT2D eigenvalue weighted by Gasteiger charge is -2.20. The lowest BCUT2D eigenvalue weighted by molar-refractivity contribution is 0.192. The summed E-state index contributed by atoms with van der Waals surface area (Å²) in [6.45, 7) is 12.8. The first-order valence-electron chi connectivity index (χ1n) is 7.56. The van der Waals surface area contributed by atoms with E-state index in [0.29, 0.717) is 17.9 Å². The second-order valence-corrected chi connectivity index (χ2v) is 4.66. The first-order valence-corrected chi connectivity index (χ1v) is 7.56. The van der Waals surface area contributed by atoms with Crippen LogP contribution in [-0.2, 0) is 0 Å². The number of aromatic nitrogens is 3. The smallest absolute Gasteiger partial charge is 0.323 e. The lowest BCUT2D eigenvalue weighted by atomic mass is 10.2. The number of nitrogens with zero attached hydrogens (tertiary/aromatic N) is 4. The average Bonchev–Trinajstić information content (AvgIpc) is 2.40. The summed E-state index contributed by atoms with van der Waals surface area (Å²) < 4.78 is 5.79. The van der Waals surface area contributed by atoms with Crippen molar-refractivity contribution in [2.24, 2.45) is 0 Å². The van der Waals surface area contributed by atoms with Gasteiger partial charge in [-0.25, -0.2) is 0 Å². The molecule has 0 aliphatic rings. The maximum Gasteiger partial charge on any atom is 0.323 e. The molecule has 1 atom stereocenters. The highest BCUT2D eigenvalue weighted by molar-refractivity contribution is 5.38. The Morgan fingerprint density at radius 2 is 1.80 bits per heavy atom. The molecule has 0 amide bonds. The fourth-order valence-corrected chi connectivity index (χ4v) is 1.93. The molecule has 1 aromatic rings. The molecule has 0 bridgehead atoms. The SMILES string of the molecule is CCCC(C)Oc1nc(NCC)nc(N(CC)CC)n1. The molecule has 20 heavy (non-hydrogen) atoms. The van der Waals surface area contributed by atoms with Crippen LogP contribution in [-0.4, -0.2) is 40.7 Å². The van der Waals surface area contributed by atoms with Crippen molar-refractivity contribution in [2.45, 2.75) is 53.6 Å². The van der Waals surface area contributed by atoms with E-state index in [2.05, 4.69) is 45.9 Å². The topological polar surface area (TPSA) is 63.2 Å². The van der Waals surface area contributed by atoms with Crippen molar-refractivity contribution in [1.29, 1.82) is 0 Å². The van der Waals surface area contributed by atoms with Crippen LogP contribution in [0.2, 0.25) is 0 Å². The second kappa shape index (κ2) is 8.55. The summed E-state index contributed by atoms with van der Waals surface area (Å²) in [6.07, 6.45) is 2.18. The fourth-order valence-electron chi connectivity index (χ4n) is 1.93. The van der Waals surface area contributed by atoms with Crippen LogP contribution in [0.15, 0.2) is 0 Å². The van der Waals surface area contributed by atoms with Gasteiger partial charge in [-0.2, -0.15) is 15.0 Å². The molecule has 1 rings (SSSR count). The number of anilines is 2. The zero-order chi connectivity index (χ0) is 15.0. The van der Waals surface area contributed by atoms with Crippen molar-refractivity contribution in [3.05, 3.63) is 0 Å². The molecule has 0 aliphatic heterocycles. The summed E-state index contributed by atoms with van der Waals surface area (Å²) in [5, 5.41) is 3.13. The van der Waals surface area contributed by atoms with Gasteiger partial charge in [0.15, 0.2) is 0 Å². The molecule has 6 heteroatoms. The maximum absolute atomic E-state index is 5.79. The Kier molecular flexibility index (Phi) is 7.04. The predicted molar refractivity (Wildman–Crippen MR) is 82.5 cm³/mol. The molecule has 0 aliphatic carbocycles. The highest BCUT2D eigenvalue weighted by atomic mass is 16.5. The van der Waals surface area contributed by atoms with E-state index in [-0.39, 0.29) is 6.10 Å². The number of hydrogen-bond donors (Lipinski definition) is 1. The van der Waals surface area contributed by atoms with Gasteiger partial charge in [-0.05, 0) is 34.1 Å². The highest BCUT2D eigenvalue weighted by Gasteiger charge is 2.13. The van der Waals surface area contributed by atoms with Gasteiger partial charge in [0.1, 0.15) is 0 Å². The van der Waals surface area contributed by atoms with Crippen LogP contribution in [0.25, 0.3) is 0 Å². The van der Waals surface area contributed by atoms with Crippen LogP contribution in [0.1, 0.15) is 47.5 Å². The summed E-state index contributed by atoms with van der Waals surface area (Å²) in [5.41, 5.74) is 0. The Morgan fingerprint density at radius 1 is 1.10 bits per heavy atom. The van der Waals surface area contributed by atoms with Crippen LogP contribution in [0, 0.1) is 0 Å². The standard InChI is InChI=1S/C14H27N5O/c1-6-10-11(5)20-14-17-12(15-7-2)16-13(18-14)19(8-3)9-4/h11H,6-10H2,1-5H3,(H,15,16,17,18). The third-order valence-electron chi connectivity index (χ3n) is 2.99. The summed E-state index contributed by atoms with van der Waals surface area (Å²) >= 11 is 0. The van der Waals surface area contributed by atoms with Gasteiger partial charge in [0, 0.05) is 19.6 Å². The number of nitrogens with one attached hydrogen (secondary N) is 1. The van der Waals surface area contributed by atoms with Gasteiger partial charge in [-0.15, -0.1) is 0 Å². The van der Waals surface area contributed by atoms with Crippen molar-refractivity contribution >= 4 is 11.9 Å². The molecule has 1 aromatic heterocycles. The first kappa shape index (κ1) is 16.5. The van der Waals surface area contributed by atoms with E-state index in [1.165, 1.54) is 0 Å². The Bertz CT molecular complexity index is 395. The monoisotopic (exact) mass is 281 g/mol. The van der Waals surface area contributed by atoms with Crippen LogP contribution >= 0.6 is 0 Å². The third kappa shape index (κ3) is 4.83. The second-order valence-electron chi connectivity index (χ2n) is 4.66. The molecule has 114 valence electrons. The minimum atomic E-state index is 0.112. The van der Waals surface area contributed by atoms with Gasteiger partial charge in [0.25, 0.3) is 0 Å². The van der Waals surface area contributed by atoms with E-state index in [1.807, 2.05) is 13.8 Å². The molecule has 1 unspecified atom stereocenters. The summed E-state index contributed by atoms with van der Waals surface area (Å²) in [6, 6.07) is 0.402. The van der Waals surface area contributed by atoms with Gasteiger partial charge >= 0.3 is 6.01 Å². The third-order valence-corrected chi connectivity index (χ3v) is 2.99. The Morgan fingerprint density at radius 3 is 2.35 bits per heavy atom. The molecule has 0 saturated heterocycles. The van der Waals surface area contributed by atoms with E-state index in [4.69, 9.17) is 4.74 Å². The van der Waals surface area contributed by atoms with Crippen LogP contribution in [0.4, 0.5) is 11.9 Å². The van der Waals surface area contributed by atoms with Crippen LogP contribution < -0.4 is 15.0 Å². The van der Waals surface area contributed by atoms with E-state index in [9.17, 15) is 0 Å². The minimum absolute atomic E-state index is 0.112. The first-order chi connectivity index (χ1) is 9.64. The van der Waals surface area contributed by atoms with Crippen LogP contribution in [0.3, 0.4) is 0 Å². The molecule has 0 spiro atoms. The maximum atomic E-state index is 5.79. The van der Waals surface area contributed by atoms with Crippen molar-refractivity contribution in [1.82, 2.24) is 15.0 Å². The Balaban J connectivity index is 2.97. The summed E-state index contributed by atoms with van der Waals surface area (Å²) in [4.78, 5) is 15.2.